The maximum atomic E-state index is 13.0. The largest absolute Gasteiger partial charge is 0.372 e. The third-order valence-electron chi connectivity index (χ3n) is 5.27. The van der Waals surface area contributed by atoms with Crippen molar-refractivity contribution in [1.82, 2.24) is 15.3 Å². The molecule has 0 radical (unpaired) electrons. The van der Waals surface area contributed by atoms with E-state index in [1.165, 1.54) is 0 Å². The Labute approximate surface area is 181 Å². The van der Waals surface area contributed by atoms with Crippen LogP contribution in [0.5, 0.6) is 0 Å². The summed E-state index contributed by atoms with van der Waals surface area (Å²) in [5.74, 6) is -0.877. The zero-order chi connectivity index (χ0) is 21.8. The summed E-state index contributed by atoms with van der Waals surface area (Å²) in [5.41, 5.74) is 2.74. The molecule has 1 fully saturated rings. The Bertz CT molecular complexity index is 1100. The van der Waals surface area contributed by atoms with Crippen molar-refractivity contribution in [3.63, 3.8) is 0 Å². The number of nitriles is 1. The van der Waals surface area contributed by atoms with E-state index in [0.29, 0.717) is 36.7 Å². The van der Waals surface area contributed by atoms with Crippen molar-refractivity contribution in [3.8, 4) is 6.07 Å². The first-order chi connectivity index (χ1) is 15.0. The second-order valence-corrected chi connectivity index (χ2v) is 7.85. The lowest BCUT2D eigenvalue weighted by molar-refractivity contribution is -0.121. The van der Waals surface area contributed by atoms with Crippen LogP contribution in [0.3, 0.4) is 0 Å². The average molecular weight is 415 g/mol. The van der Waals surface area contributed by atoms with Gasteiger partial charge in [-0.3, -0.25) is 4.79 Å². The molecule has 158 valence electrons. The number of aromatic nitrogens is 2. The molecule has 1 aliphatic rings. The van der Waals surface area contributed by atoms with Gasteiger partial charge in [0.15, 0.2) is 11.7 Å². The lowest BCUT2D eigenvalue weighted by Crippen LogP contribution is -2.46. The van der Waals surface area contributed by atoms with Gasteiger partial charge < -0.3 is 15.0 Å². The van der Waals surface area contributed by atoms with E-state index >= 15 is 0 Å². The Morgan fingerprint density at radius 2 is 1.71 bits per heavy atom. The highest BCUT2D eigenvalue weighted by molar-refractivity contribution is 5.88. The van der Waals surface area contributed by atoms with Crippen molar-refractivity contribution in [2.45, 2.75) is 38.5 Å². The van der Waals surface area contributed by atoms with Crippen LogP contribution in [-0.4, -0.2) is 41.2 Å². The summed E-state index contributed by atoms with van der Waals surface area (Å²) in [5, 5.41) is 12.8. The maximum Gasteiger partial charge on any atom is 0.243 e. The molecule has 1 N–H and O–H groups in total. The zero-order valence-corrected chi connectivity index (χ0v) is 17.7. The van der Waals surface area contributed by atoms with E-state index < -0.39 is 5.92 Å². The van der Waals surface area contributed by atoms with Crippen molar-refractivity contribution < 1.29 is 9.53 Å². The monoisotopic (exact) mass is 415 g/mol. The summed E-state index contributed by atoms with van der Waals surface area (Å²) in [7, 11) is 0. The second-order valence-electron chi connectivity index (χ2n) is 7.85. The molecule has 0 aliphatic carbocycles. The number of nitrogens with one attached hydrogen (secondary N) is 1. The lowest BCUT2D eigenvalue weighted by atomic mass is 10.0. The summed E-state index contributed by atoms with van der Waals surface area (Å²) in [6.45, 7) is 5.60. The summed E-state index contributed by atoms with van der Waals surface area (Å²) in [6, 6.07) is 19.3. The molecule has 0 bridgehead atoms. The van der Waals surface area contributed by atoms with E-state index in [2.05, 4.69) is 16.3 Å². The number of rotatable bonds is 5. The van der Waals surface area contributed by atoms with E-state index in [-0.39, 0.29) is 18.1 Å². The highest BCUT2D eigenvalue weighted by Crippen LogP contribution is 2.29. The highest BCUT2D eigenvalue weighted by Gasteiger charge is 2.31. The third-order valence-corrected chi connectivity index (χ3v) is 5.27. The maximum absolute atomic E-state index is 13.0. The number of morpholine rings is 1. The van der Waals surface area contributed by atoms with Gasteiger partial charge in [-0.25, -0.2) is 9.97 Å². The summed E-state index contributed by atoms with van der Waals surface area (Å²) < 4.78 is 5.85. The van der Waals surface area contributed by atoms with Crippen LogP contribution in [0.1, 0.15) is 31.0 Å². The van der Waals surface area contributed by atoms with Gasteiger partial charge in [0.2, 0.25) is 5.91 Å². The van der Waals surface area contributed by atoms with Crippen molar-refractivity contribution in [2.24, 2.45) is 0 Å². The second kappa shape index (κ2) is 9.11. The van der Waals surface area contributed by atoms with Gasteiger partial charge in [-0.15, -0.1) is 0 Å². The van der Waals surface area contributed by atoms with Crippen molar-refractivity contribution in [2.75, 3.05) is 18.0 Å². The Morgan fingerprint density at radius 3 is 2.35 bits per heavy atom. The van der Waals surface area contributed by atoms with Crippen LogP contribution in [0.25, 0.3) is 11.0 Å². The predicted molar refractivity (Wildman–Crippen MR) is 118 cm³/mol. The number of hydrogen-bond acceptors (Lipinski definition) is 6. The van der Waals surface area contributed by atoms with Gasteiger partial charge in [0.1, 0.15) is 5.69 Å². The van der Waals surface area contributed by atoms with Crippen LogP contribution in [0.2, 0.25) is 0 Å². The Hall–Kier alpha value is -3.50. The van der Waals surface area contributed by atoms with E-state index in [9.17, 15) is 10.1 Å². The number of anilines is 1. The first-order valence-corrected chi connectivity index (χ1v) is 10.4. The van der Waals surface area contributed by atoms with Gasteiger partial charge in [-0.05, 0) is 31.5 Å². The van der Waals surface area contributed by atoms with Crippen LogP contribution in [0.4, 0.5) is 5.82 Å². The molecule has 3 aromatic rings. The molecule has 2 aromatic carbocycles. The summed E-state index contributed by atoms with van der Waals surface area (Å²) in [6.07, 6.45) is 0.0228. The minimum atomic E-state index is -1.07. The van der Waals surface area contributed by atoms with Crippen LogP contribution in [0, 0.1) is 11.3 Å². The lowest BCUT2D eigenvalue weighted by Gasteiger charge is -2.37. The first kappa shape index (κ1) is 20.8. The van der Waals surface area contributed by atoms with Crippen molar-refractivity contribution in [1.29, 1.82) is 5.26 Å². The minimum absolute atomic E-state index is 0.0114. The third kappa shape index (κ3) is 4.65. The normalized spacial score (nSPS) is 19.6. The molecule has 7 heteroatoms. The van der Waals surface area contributed by atoms with Gasteiger partial charge in [0.05, 0.1) is 29.3 Å². The Balaban J connectivity index is 1.69. The van der Waals surface area contributed by atoms with E-state index in [1.807, 2.05) is 68.4 Å². The summed E-state index contributed by atoms with van der Waals surface area (Å²) in [4.78, 5) is 24.6. The van der Waals surface area contributed by atoms with E-state index in [0.717, 1.165) is 11.1 Å². The fourth-order valence-corrected chi connectivity index (χ4v) is 3.91. The molecular weight excluding hydrogens is 390 g/mol. The van der Waals surface area contributed by atoms with Crippen LogP contribution >= 0.6 is 0 Å². The number of amides is 1. The molecule has 3 atom stereocenters. The number of carbonyl (C=O) groups excluding carboxylic acids is 1. The molecule has 1 aliphatic heterocycles. The van der Waals surface area contributed by atoms with Crippen LogP contribution in [0.15, 0.2) is 54.6 Å². The predicted octanol–water partition coefficient (Wildman–Crippen LogP) is 3.17. The molecule has 2 heterocycles. The van der Waals surface area contributed by atoms with Crippen LogP contribution in [-0.2, 0) is 16.1 Å². The molecule has 4 rings (SSSR count). The van der Waals surface area contributed by atoms with Gasteiger partial charge in [0.25, 0.3) is 0 Å². The zero-order valence-electron chi connectivity index (χ0n) is 17.7. The highest BCUT2D eigenvalue weighted by atomic mass is 16.5. The fraction of sp³-hybridized carbons (Fsp3) is 0.333. The minimum Gasteiger partial charge on any atom is -0.372 e. The fourth-order valence-electron chi connectivity index (χ4n) is 3.91. The smallest absolute Gasteiger partial charge is 0.243 e. The molecule has 31 heavy (non-hydrogen) atoms. The van der Waals surface area contributed by atoms with E-state index in [4.69, 9.17) is 14.7 Å². The van der Waals surface area contributed by atoms with Crippen LogP contribution < -0.4 is 10.2 Å². The molecule has 0 saturated carbocycles. The number of nitrogens with zero attached hydrogens (tertiary/aromatic N) is 4. The molecule has 1 amide bonds. The summed E-state index contributed by atoms with van der Waals surface area (Å²) >= 11 is 0. The quantitative estimate of drug-likeness (QED) is 0.688. The topological polar surface area (TPSA) is 91.1 Å². The average Bonchev–Trinajstić information content (AvgIpc) is 2.78. The molecule has 7 nitrogen and oxygen atoms in total. The first-order valence-electron chi connectivity index (χ1n) is 10.4. The number of ether oxygens (including phenoxy) is 1. The van der Waals surface area contributed by atoms with Crippen molar-refractivity contribution in [3.05, 3.63) is 65.9 Å². The van der Waals surface area contributed by atoms with Gasteiger partial charge in [-0.2, -0.15) is 5.26 Å². The SMILES string of the molecule is C[C@@H]1CN(c2nc3ccccc3nc2[C@@H](C#N)C(=O)NCc2ccccc2)C[C@@H](C)O1. The molecule has 0 unspecified atom stereocenters. The van der Waals surface area contributed by atoms with E-state index in [1.54, 1.807) is 0 Å². The number of fused-ring (bicyclic) bond motifs is 1. The van der Waals surface area contributed by atoms with Gasteiger partial charge >= 0.3 is 0 Å². The Morgan fingerprint density at radius 1 is 1.10 bits per heavy atom. The van der Waals surface area contributed by atoms with Crippen molar-refractivity contribution >= 4 is 22.8 Å². The number of carbonyl (C=O) groups is 1. The Kier molecular flexibility index (Phi) is 6.10. The molecule has 1 saturated heterocycles. The standard InChI is InChI=1S/C24H25N5O2/c1-16-14-29(15-17(2)31-16)23-22(27-20-10-6-7-11-21(20)28-23)19(12-25)24(30)26-13-18-8-4-3-5-9-18/h3-11,16-17,19H,13-15H2,1-2H3,(H,26,30)/t16-,17-,19-/m1/s1. The number of benzene rings is 2. The molecular formula is C24H25N5O2. The molecule has 0 spiro atoms. The van der Waals surface area contributed by atoms with Gasteiger partial charge in [0, 0.05) is 19.6 Å². The van der Waals surface area contributed by atoms with Gasteiger partial charge in [-0.1, -0.05) is 42.5 Å². The number of hydrogen-bond donors (Lipinski definition) is 1. The molecule has 1 aromatic heterocycles. The number of para-hydroxylation sites is 2.